The number of carbonyl (C=O) groups is 1. The smallest absolute Gasteiger partial charge is 0.333 e. The molecule has 2 aromatic heterocycles. The molecule has 2 aromatic carbocycles. The molecule has 0 radical (unpaired) electrons. The Morgan fingerprint density at radius 3 is 2.65 bits per heavy atom. The number of allylic oxidation sites excluding steroid dienone is 1. The summed E-state index contributed by atoms with van der Waals surface area (Å²) in [6, 6.07) is 16.5. The largest absolute Gasteiger partial charge is 0.507 e. The molecule has 1 aliphatic rings. The molecule has 0 amide bonds. The van der Waals surface area contributed by atoms with Crippen LogP contribution >= 0.6 is 0 Å². The zero-order valence-corrected chi connectivity index (χ0v) is 24.5. The van der Waals surface area contributed by atoms with Gasteiger partial charge in [-0.1, -0.05) is 42.5 Å². The number of nitrogens with two attached hydrogens (primary N) is 1. The number of nitrogen functional groups attached to an aromatic ring is 1. The van der Waals surface area contributed by atoms with E-state index in [1.54, 1.807) is 38.3 Å². The highest BCUT2D eigenvalue weighted by atomic mass is 16.6. The minimum absolute atomic E-state index is 0.0218. The minimum atomic E-state index is -1.07. The van der Waals surface area contributed by atoms with Crippen LogP contribution in [0.25, 0.3) is 11.0 Å². The minimum Gasteiger partial charge on any atom is -0.507 e. The lowest BCUT2D eigenvalue weighted by atomic mass is 9.74. The number of nitrogens with zero attached hydrogens (tertiary/aromatic N) is 1. The third-order valence-corrected chi connectivity index (χ3v) is 8.39. The first-order valence-electron chi connectivity index (χ1n) is 14.3. The molecule has 0 fully saturated rings. The van der Waals surface area contributed by atoms with Crippen LogP contribution in [0.1, 0.15) is 49.6 Å². The highest BCUT2D eigenvalue weighted by molar-refractivity contribution is 5.88. The maximum absolute atomic E-state index is 13.1. The topological polar surface area (TPSA) is 145 Å². The molecule has 3 heterocycles. The van der Waals surface area contributed by atoms with Crippen molar-refractivity contribution in [3.05, 3.63) is 105 Å². The van der Waals surface area contributed by atoms with Gasteiger partial charge in [-0.05, 0) is 57.2 Å². The van der Waals surface area contributed by atoms with Gasteiger partial charge >= 0.3 is 5.97 Å². The van der Waals surface area contributed by atoms with E-state index >= 15 is 0 Å². The predicted octanol–water partition coefficient (Wildman–Crippen LogP) is 5.03. The third-order valence-electron chi connectivity index (χ3n) is 8.39. The van der Waals surface area contributed by atoms with Crippen molar-refractivity contribution in [1.29, 1.82) is 0 Å². The van der Waals surface area contributed by atoms with Gasteiger partial charge in [-0.15, -0.1) is 0 Å². The molecular formula is C34H36N2O7. The highest BCUT2D eigenvalue weighted by Gasteiger charge is 2.50. The van der Waals surface area contributed by atoms with Gasteiger partial charge in [0.25, 0.3) is 0 Å². The number of pyridine rings is 1. The van der Waals surface area contributed by atoms with Crippen molar-refractivity contribution < 1.29 is 28.9 Å². The molecule has 0 aliphatic carbocycles. The molecule has 9 heteroatoms. The van der Waals surface area contributed by atoms with Crippen LogP contribution in [0, 0.1) is 5.92 Å². The van der Waals surface area contributed by atoms with Crippen molar-refractivity contribution in [3.8, 4) is 11.5 Å². The summed E-state index contributed by atoms with van der Waals surface area (Å²) < 4.78 is 18.6. The second-order valence-corrected chi connectivity index (χ2v) is 11.2. The van der Waals surface area contributed by atoms with Crippen LogP contribution in [-0.2, 0) is 35.4 Å². The molecule has 3 atom stereocenters. The van der Waals surface area contributed by atoms with Crippen LogP contribution in [0.3, 0.4) is 0 Å². The van der Waals surface area contributed by atoms with Crippen molar-refractivity contribution in [2.45, 2.75) is 64.8 Å². The second-order valence-electron chi connectivity index (χ2n) is 11.2. The summed E-state index contributed by atoms with van der Waals surface area (Å²) in [7, 11) is 0. The Morgan fingerprint density at radius 2 is 1.98 bits per heavy atom. The van der Waals surface area contributed by atoms with Crippen LogP contribution in [-0.4, -0.2) is 32.9 Å². The molecule has 0 unspecified atom stereocenters. The zero-order chi connectivity index (χ0) is 30.7. The molecule has 9 nitrogen and oxygen atoms in total. The summed E-state index contributed by atoms with van der Waals surface area (Å²) in [5.41, 5.74) is 7.28. The summed E-state index contributed by atoms with van der Waals surface area (Å²) >= 11 is 0. The van der Waals surface area contributed by atoms with Crippen molar-refractivity contribution in [2.24, 2.45) is 5.92 Å². The summed E-state index contributed by atoms with van der Waals surface area (Å²) in [5.74, 6) is -0.169. The fourth-order valence-corrected chi connectivity index (χ4v) is 5.69. The SMILES string of the molecule is C/C=C(/C)C(=O)O[C@@H]1Cc2c(cc3oc(CO)cc(=O)c3c2O)O[C@@]1(C)[C@H](CCc1ccccc1)Cc1ccc(N)nc1. The van der Waals surface area contributed by atoms with E-state index < -0.39 is 29.7 Å². The van der Waals surface area contributed by atoms with Gasteiger partial charge in [0.15, 0.2) is 5.43 Å². The van der Waals surface area contributed by atoms with Crippen LogP contribution in [0.5, 0.6) is 11.5 Å². The van der Waals surface area contributed by atoms with Gasteiger partial charge < -0.3 is 29.8 Å². The number of aliphatic hydroxyl groups is 1. The van der Waals surface area contributed by atoms with Gasteiger partial charge in [0.05, 0.1) is 0 Å². The summed E-state index contributed by atoms with van der Waals surface area (Å²) in [6.45, 7) is 4.89. The number of phenols is 1. The number of aromatic nitrogens is 1. The van der Waals surface area contributed by atoms with E-state index in [-0.39, 0.29) is 34.8 Å². The Balaban J connectivity index is 1.63. The van der Waals surface area contributed by atoms with E-state index in [4.69, 9.17) is 19.6 Å². The Kier molecular flexibility index (Phi) is 8.54. The monoisotopic (exact) mass is 584 g/mol. The number of esters is 1. The number of phenolic OH excluding ortho intramolecular Hbond substituents is 1. The lowest BCUT2D eigenvalue weighted by Gasteiger charge is -2.46. The van der Waals surface area contributed by atoms with E-state index in [2.05, 4.69) is 17.1 Å². The van der Waals surface area contributed by atoms with Crippen LogP contribution in [0.4, 0.5) is 5.82 Å². The Labute approximate surface area is 249 Å². The molecule has 4 N–H and O–H groups in total. The van der Waals surface area contributed by atoms with Crippen molar-refractivity contribution >= 4 is 22.8 Å². The van der Waals surface area contributed by atoms with E-state index in [1.807, 2.05) is 31.2 Å². The third kappa shape index (κ3) is 6.12. The highest BCUT2D eigenvalue weighted by Crippen LogP contribution is 2.47. The van der Waals surface area contributed by atoms with Crippen LogP contribution in [0.2, 0.25) is 0 Å². The normalized spacial score (nSPS) is 19.0. The molecule has 0 saturated carbocycles. The van der Waals surface area contributed by atoms with Crippen molar-refractivity contribution in [3.63, 3.8) is 0 Å². The number of hydrogen-bond donors (Lipinski definition) is 3. The molecule has 0 saturated heterocycles. The van der Waals surface area contributed by atoms with E-state index in [0.717, 1.165) is 23.6 Å². The standard InChI is InChI=1S/C34H36N2O7/c1-4-20(2)33(40)42-29-16-25-27(17-28-31(32(25)39)26(38)15-24(19-37)41-28)43-34(29,3)23(12-10-21-8-6-5-7-9-21)14-22-11-13-30(35)36-18-22/h4-9,11,13,15,17-18,23,29,37,39H,10,12,14,16,19H2,1-3H3,(H2,35,36)/b20-4-/t23-,29-,34+/m1/s1. The molecule has 0 bridgehead atoms. The average Bonchev–Trinajstić information content (AvgIpc) is 3.00. The number of fused-ring (bicyclic) bond motifs is 2. The zero-order valence-electron chi connectivity index (χ0n) is 24.5. The average molecular weight is 585 g/mol. The van der Waals surface area contributed by atoms with Gasteiger partial charge in [0.2, 0.25) is 0 Å². The number of rotatable bonds is 9. The van der Waals surface area contributed by atoms with Gasteiger partial charge in [-0.3, -0.25) is 4.79 Å². The Morgan fingerprint density at radius 1 is 1.21 bits per heavy atom. The quantitative estimate of drug-likeness (QED) is 0.182. The predicted molar refractivity (Wildman–Crippen MR) is 163 cm³/mol. The number of carbonyl (C=O) groups excluding carboxylic acids is 1. The van der Waals surface area contributed by atoms with E-state index in [0.29, 0.717) is 35.5 Å². The lowest BCUT2D eigenvalue weighted by Crippen LogP contribution is -2.56. The fourth-order valence-electron chi connectivity index (χ4n) is 5.69. The maximum atomic E-state index is 13.1. The first-order valence-corrected chi connectivity index (χ1v) is 14.3. The molecule has 43 heavy (non-hydrogen) atoms. The summed E-state index contributed by atoms with van der Waals surface area (Å²) in [4.78, 5) is 30.3. The van der Waals surface area contributed by atoms with E-state index in [1.165, 1.54) is 0 Å². The van der Waals surface area contributed by atoms with Crippen molar-refractivity contribution in [1.82, 2.24) is 4.98 Å². The summed E-state index contributed by atoms with van der Waals surface area (Å²) in [6.07, 6.45) is 4.69. The summed E-state index contributed by atoms with van der Waals surface area (Å²) in [5, 5.41) is 20.9. The fraction of sp³-hybridized carbons (Fsp3) is 0.324. The van der Waals surface area contributed by atoms with Crippen LogP contribution < -0.4 is 15.9 Å². The number of aryl methyl sites for hydroxylation is 1. The molecule has 4 aromatic rings. The number of aromatic hydroxyl groups is 1. The van der Waals surface area contributed by atoms with Gasteiger partial charge in [0.1, 0.15) is 52.4 Å². The molecule has 1 aliphatic heterocycles. The molecule has 5 rings (SSSR count). The van der Waals surface area contributed by atoms with Gasteiger partial charge in [-0.25, -0.2) is 9.78 Å². The maximum Gasteiger partial charge on any atom is 0.333 e. The first kappa shape index (κ1) is 29.8. The van der Waals surface area contributed by atoms with Gasteiger partial charge in [-0.2, -0.15) is 0 Å². The Hall–Kier alpha value is -4.63. The van der Waals surface area contributed by atoms with Gasteiger partial charge in [0, 0.05) is 41.8 Å². The second kappa shape index (κ2) is 12.3. The number of benzene rings is 2. The first-order chi connectivity index (χ1) is 20.6. The lowest BCUT2D eigenvalue weighted by molar-refractivity contribution is -0.165. The molecular weight excluding hydrogens is 548 g/mol. The number of aliphatic hydroxyl groups excluding tert-OH is 1. The Bertz CT molecular complexity index is 1710. The van der Waals surface area contributed by atoms with Crippen LogP contribution in [0.15, 0.2) is 81.7 Å². The molecule has 224 valence electrons. The van der Waals surface area contributed by atoms with E-state index in [9.17, 15) is 19.8 Å². The number of hydrogen-bond acceptors (Lipinski definition) is 9. The molecule has 0 spiro atoms. The number of anilines is 1. The number of ether oxygens (including phenoxy) is 2. The van der Waals surface area contributed by atoms with Crippen molar-refractivity contribution in [2.75, 3.05) is 5.73 Å².